The molecule has 2 aromatic heterocycles. The third-order valence-corrected chi connectivity index (χ3v) is 6.64. The van der Waals surface area contributed by atoms with Gasteiger partial charge in [0.05, 0.1) is 29.3 Å². The molecule has 1 amide bonds. The van der Waals surface area contributed by atoms with E-state index in [1.54, 1.807) is 31.0 Å². The molecule has 0 unspecified atom stereocenters. The van der Waals surface area contributed by atoms with Crippen LogP contribution in [0, 0.1) is 6.92 Å². The third kappa shape index (κ3) is 4.21. The fourth-order valence-corrected chi connectivity index (χ4v) is 4.56. The highest BCUT2D eigenvalue weighted by Gasteiger charge is 2.28. The summed E-state index contributed by atoms with van der Waals surface area (Å²) in [6.45, 7) is 4.54. The minimum Gasteiger partial charge on any atom is -0.378 e. The smallest absolute Gasteiger partial charge is 0.287 e. The number of nitrogens with zero attached hydrogens (tertiary/aromatic N) is 3. The fourth-order valence-electron chi connectivity index (χ4n) is 3.98. The topological polar surface area (TPSA) is 47.4 Å². The number of carbonyl (C=O) groups is 1. The second-order valence-electron chi connectivity index (χ2n) is 8.08. The van der Waals surface area contributed by atoms with Gasteiger partial charge in [0, 0.05) is 55.3 Å². The molecule has 1 aliphatic heterocycles. The van der Waals surface area contributed by atoms with Gasteiger partial charge in [0.2, 0.25) is 0 Å². The summed E-state index contributed by atoms with van der Waals surface area (Å²) in [5.74, 6) is -3.20. The van der Waals surface area contributed by atoms with Crippen molar-refractivity contribution in [1.29, 1.82) is 0 Å². The first-order valence-corrected chi connectivity index (χ1v) is 11.0. The monoisotopic (exact) mass is 481 g/mol. The molecule has 1 saturated heterocycles. The summed E-state index contributed by atoms with van der Waals surface area (Å²) in [6.07, 6.45) is 0.338. The second-order valence-corrected chi connectivity index (χ2v) is 8.86. The molecule has 170 valence electrons. The molecule has 0 aliphatic carbocycles. The summed E-state index contributed by atoms with van der Waals surface area (Å²) in [5.41, 5.74) is 2.72. The van der Waals surface area contributed by atoms with E-state index >= 15 is 0 Å². The summed E-state index contributed by atoms with van der Waals surface area (Å²) in [7, 11) is 1.80. The predicted molar refractivity (Wildman–Crippen MR) is 121 cm³/mol. The number of morpholine rings is 1. The lowest BCUT2D eigenvalue weighted by atomic mass is 10.0. The number of carbonyl (C=O) groups excluding carboxylic acids is 1. The van der Waals surface area contributed by atoms with Crippen molar-refractivity contribution in [1.82, 2.24) is 14.5 Å². The van der Waals surface area contributed by atoms with Gasteiger partial charge in [-0.3, -0.25) is 9.78 Å². The second kappa shape index (κ2) is 8.61. The van der Waals surface area contributed by atoms with Crippen molar-refractivity contribution in [3.05, 3.63) is 62.5 Å². The summed E-state index contributed by atoms with van der Waals surface area (Å²) in [5, 5.41) is 1.52. The highest BCUT2D eigenvalue weighted by molar-refractivity contribution is 6.38. The van der Waals surface area contributed by atoms with Gasteiger partial charge in [0.1, 0.15) is 5.69 Å². The standard InChI is InChI=1S/C23H23Cl2F2N3O2/c1-13-16-10-14(29(3)19(16)12-20(28-13)23(2,26)27)11-17-18(24)5-4-15(21(17)25)22(31)30-6-8-32-9-7-30/h4-5,10,12H,6-9,11H2,1-3H3. The van der Waals surface area contributed by atoms with Crippen molar-refractivity contribution in [3.63, 3.8) is 0 Å². The van der Waals surface area contributed by atoms with E-state index in [0.717, 1.165) is 18.0 Å². The predicted octanol–water partition coefficient (Wildman–Crippen LogP) is 5.36. The van der Waals surface area contributed by atoms with Gasteiger partial charge in [-0.25, -0.2) is 0 Å². The van der Waals surface area contributed by atoms with Crippen molar-refractivity contribution >= 4 is 40.0 Å². The van der Waals surface area contributed by atoms with Crippen LogP contribution in [0.5, 0.6) is 0 Å². The number of fused-ring (bicyclic) bond motifs is 1. The Bertz CT molecular complexity index is 1200. The fraction of sp³-hybridized carbons (Fsp3) is 0.391. The van der Waals surface area contributed by atoms with Crippen LogP contribution in [0.15, 0.2) is 24.3 Å². The molecule has 0 bridgehead atoms. The maximum atomic E-state index is 13.9. The van der Waals surface area contributed by atoms with E-state index in [0.29, 0.717) is 65.1 Å². The number of hydrogen-bond donors (Lipinski definition) is 0. The molecule has 3 heterocycles. The Morgan fingerprint density at radius 1 is 1.22 bits per heavy atom. The van der Waals surface area contributed by atoms with Crippen molar-refractivity contribution in [2.75, 3.05) is 26.3 Å². The molecule has 1 fully saturated rings. The quantitative estimate of drug-likeness (QED) is 0.503. The first-order valence-electron chi connectivity index (χ1n) is 10.3. The Labute approximate surface area is 194 Å². The van der Waals surface area contributed by atoms with Gasteiger partial charge in [-0.15, -0.1) is 0 Å². The van der Waals surface area contributed by atoms with Crippen LogP contribution in [0.1, 0.15) is 39.9 Å². The number of aryl methyl sites for hydroxylation is 2. The van der Waals surface area contributed by atoms with E-state index in [9.17, 15) is 13.6 Å². The maximum Gasteiger partial charge on any atom is 0.287 e. The Morgan fingerprint density at radius 2 is 1.91 bits per heavy atom. The van der Waals surface area contributed by atoms with Crippen molar-refractivity contribution in [2.24, 2.45) is 7.05 Å². The van der Waals surface area contributed by atoms with Crippen LogP contribution >= 0.6 is 23.2 Å². The van der Waals surface area contributed by atoms with E-state index in [2.05, 4.69) is 4.98 Å². The maximum absolute atomic E-state index is 13.9. The van der Waals surface area contributed by atoms with E-state index < -0.39 is 5.92 Å². The average Bonchev–Trinajstić information content (AvgIpc) is 3.07. The molecular formula is C23H23Cl2F2N3O2. The first kappa shape index (κ1) is 23.0. The largest absolute Gasteiger partial charge is 0.378 e. The molecule has 0 atom stereocenters. The van der Waals surface area contributed by atoms with E-state index in [4.69, 9.17) is 27.9 Å². The molecule has 32 heavy (non-hydrogen) atoms. The number of alkyl halides is 2. The highest BCUT2D eigenvalue weighted by Crippen LogP contribution is 2.34. The van der Waals surface area contributed by atoms with Gasteiger partial charge in [-0.2, -0.15) is 8.78 Å². The Kier molecular flexibility index (Phi) is 6.18. The lowest BCUT2D eigenvalue weighted by Crippen LogP contribution is -2.40. The van der Waals surface area contributed by atoms with Gasteiger partial charge < -0.3 is 14.2 Å². The van der Waals surface area contributed by atoms with E-state index in [1.165, 1.54) is 6.07 Å². The molecule has 5 nitrogen and oxygen atoms in total. The van der Waals surface area contributed by atoms with Crippen LogP contribution in [0.25, 0.3) is 10.9 Å². The molecule has 0 N–H and O–H groups in total. The highest BCUT2D eigenvalue weighted by atomic mass is 35.5. The van der Waals surface area contributed by atoms with Gasteiger partial charge in [-0.1, -0.05) is 23.2 Å². The third-order valence-electron chi connectivity index (χ3n) is 5.85. The molecule has 9 heteroatoms. The average molecular weight is 482 g/mol. The number of rotatable bonds is 4. The van der Waals surface area contributed by atoms with Crippen molar-refractivity contribution in [3.8, 4) is 0 Å². The molecule has 0 spiro atoms. The van der Waals surface area contributed by atoms with E-state index in [1.807, 2.05) is 10.6 Å². The Hall–Kier alpha value is -2.22. The molecule has 0 saturated carbocycles. The van der Waals surface area contributed by atoms with Gasteiger partial charge in [0.25, 0.3) is 11.8 Å². The zero-order valence-electron chi connectivity index (χ0n) is 18.0. The van der Waals surface area contributed by atoms with Gasteiger partial charge in [0.15, 0.2) is 0 Å². The van der Waals surface area contributed by atoms with Crippen LogP contribution in [-0.2, 0) is 24.1 Å². The molecule has 1 aromatic carbocycles. The van der Waals surface area contributed by atoms with Crippen LogP contribution in [0.3, 0.4) is 0 Å². The lowest BCUT2D eigenvalue weighted by molar-refractivity contribution is 0.0128. The van der Waals surface area contributed by atoms with Crippen molar-refractivity contribution < 1.29 is 18.3 Å². The molecule has 4 rings (SSSR count). The number of ether oxygens (including phenoxy) is 1. The molecule has 3 aromatic rings. The Morgan fingerprint density at radius 3 is 2.56 bits per heavy atom. The van der Waals surface area contributed by atoms with Crippen LogP contribution in [0.2, 0.25) is 10.0 Å². The zero-order chi connectivity index (χ0) is 23.2. The summed E-state index contributed by atoms with van der Waals surface area (Å²) in [4.78, 5) is 18.8. The number of amides is 1. The van der Waals surface area contributed by atoms with Gasteiger partial charge >= 0.3 is 0 Å². The Balaban J connectivity index is 1.73. The SMILES string of the molecule is Cc1nc(C(C)(F)F)cc2c1cc(Cc1c(Cl)ccc(C(=O)N3CCOCC3)c1Cl)n2C. The van der Waals surface area contributed by atoms with Crippen LogP contribution in [-0.4, -0.2) is 46.7 Å². The zero-order valence-corrected chi connectivity index (χ0v) is 19.5. The van der Waals surface area contributed by atoms with Gasteiger partial charge in [-0.05, 0) is 36.8 Å². The minimum absolute atomic E-state index is 0.164. The number of pyridine rings is 1. The molecule has 1 aliphatic rings. The number of benzene rings is 1. The first-order chi connectivity index (χ1) is 15.1. The summed E-state index contributed by atoms with van der Waals surface area (Å²) in [6, 6.07) is 6.62. The number of aromatic nitrogens is 2. The number of halogens is 4. The van der Waals surface area contributed by atoms with Crippen molar-refractivity contribution in [2.45, 2.75) is 26.2 Å². The van der Waals surface area contributed by atoms with Crippen LogP contribution in [0.4, 0.5) is 8.78 Å². The molecule has 0 radical (unpaired) electrons. The lowest BCUT2D eigenvalue weighted by Gasteiger charge is -2.27. The number of hydrogen-bond acceptors (Lipinski definition) is 3. The summed E-state index contributed by atoms with van der Waals surface area (Å²) >= 11 is 13.1. The normalized spacial score (nSPS) is 14.9. The van der Waals surface area contributed by atoms with Crippen LogP contribution < -0.4 is 0 Å². The summed E-state index contributed by atoms with van der Waals surface area (Å²) < 4.78 is 34.9. The molecular weight excluding hydrogens is 459 g/mol. The van der Waals surface area contributed by atoms with E-state index in [-0.39, 0.29) is 11.6 Å². The minimum atomic E-state index is -3.04.